The molecule has 0 radical (unpaired) electrons. The second-order valence-corrected chi connectivity index (χ2v) is 10.3. The van der Waals surface area contributed by atoms with Crippen LogP contribution in [0.4, 0.5) is 17.5 Å². The fourth-order valence-corrected chi connectivity index (χ4v) is 5.79. The minimum Gasteiger partial charge on any atom is -0.369 e. The first-order chi connectivity index (χ1) is 16.5. The monoisotopic (exact) mass is 486 g/mol. The molecule has 3 aliphatic rings. The molecule has 3 fully saturated rings. The molecule has 0 spiro atoms. The molecule has 2 bridgehead atoms. The molecule has 3 saturated heterocycles. The van der Waals surface area contributed by atoms with Gasteiger partial charge in [-0.25, -0.2) is 4.98 Å². The Labute approximate surface area is 206 Å². The van der Waals surface area contributed by atoms with Gasteiger partial charge in [0.2, 0.25) is 11.9 Å². The highest BCUT2D eigenvalue weighted by atomic mass is 35.5. The number of anilines is 3. The van der Waals surface area contributed by atoms with Gasteiger partial charge in [0.15, 0.2) is 0 Å². The van der Waals surface area contributed by atoms with E-state index < -0.39 is 0 Å². The molecule has 2 atom stereocenters. The van der Waals surface area contributed by atoms with Gasteiger partial charge >= 0.3 is 0 Å². The molecular formula is C24H35ClN8O. The Kier molecular flexibility index (Phi) is 6.92. The number of aromatic nitrogens is 4. The van der Waals surface area contributed by atoms with Crippen molar-refractivity contribution in [2.24, 2.45) is 0 Å². The summed E-state index contributed by atoms with van der Waals surface area (Å²) in [6.07, 6.45) is 12.2. The van der Waals surface area contributed by atoms with Gasteiger partial charge in [-0.1, -0.05) is 11.6 Å². The number of carbonyl (C=O) groups excluding carboxylic acids is 1. The largest absolute Gasteiger partial charge is 0.369 e. The zero-order valence-electron chi connectivity index (χ0n) is 20.1. The standard InChI is InChI=1S/C24H35ClN8O/c1-16-21(15-33(30-16)19-12-17-7-8-18(13-19)31(17)2)28-24-27-14-20(25)23(29-24)26-9-5-11-32-10-4-3-6-22(32)34/h14-15,17-19H,3-13H2,1-2H3,(H2,26,27,28,29). The van der Waals surface area contributed by atoms with E-state index >= 15 is 0 Å². The van der Waals surface area contributed by atoms with Gasteiger partial charge < -0.3 is 20.4 Å². The normalized spacial score (nSPS) is 25.1. The van der Waals surface area contributed by atoms with E-state index in [4.69, 9.17) is 16.7 Å². The summed E-state index contributed by atoms with van der Waals surface area (Å²) in [6, 6.07) is 1.79. The number of likely N-dealkylation sites (tertiary alicyclic amines) is 1. The van der Waals surface area contributed by atoms with Crippen LogP contribution in [0.25, 0.3) is 0 Å². The molecule has 0 saturated carbocycles. The fourth-order valence-electron chi connectivity index (χ4n) is 5.64. The van der Waals surface area contributed by atoms with Crippen molar-refractivity contribution in [3.8, 4) is 0 Å². The highest BCUT2D eigenvalue weighted by Crippen LogP contribution is 2.40. The van der Waals surface area contributed by atoms with Crippen molar-refractivity contribution in [3.63, 3.8) is 0 Å². The van der Waals surface area contributed by atoms with Crippen LogP contribution in [0.2, 0.25) is 5.02 Å². The van der Waals surface area contributed by atoms with Crippen LogP contribution in [-0.2, 0) is 4.79 Å². The zero-order chi connectivity index (χ0) is 23.7. The number of piperidine rings is 2. The quantitative estimate of drug-likeness (QED) is 0.545. The van der Waals surface area contributed by atoms with Gasteiger partial charge in [0.05, 0.1) is 23.6 Å². The maximum atomic E-state index is 12.0. The Balaban J connectivity index is 1.18. The SMILES string of the molecule is Cc1nn(C2CC3CCC(C2)N3C)cc1Nc1ncc(Cl)c(NCCCN2CCCCC2=O)n1. The topological polar surface area (TPSA) is 91.2 Å². The maximum Gasteiger partial charge on any atom is 0.229 e. The lowest BCUT2D eigenvalue weighted by Crippen LogP contribution is -2.40. The van der Waals surface area contributed by atoms with Crippen LogP contribution in [0.1, 0.15) is 63.1 Å². The van der Waals surface area contributed by atoms with Gasteiger partial charge in [-0.3, -0.25) is 9.48 Å². The number of hydrogen-bond donors (Lipinski definition) is 2. The van der Waals surface area contributed by atoms with Crippen LogP contribution in [-0.4, -0.2) is 74.2 Å². The predicted octanol–water partition coefficient (Wildman–Crippen LogP) is 3.99. The Morgan fingerprint density at radius 1 is 1.18 bits per heavy atom. The molecule has 2 aromatic heterocycles. The molecule has 5 heterocycles. The number of fused-ring (bicyclic) bond motifs is 2. The van der Waals surface area contributed by atoms with Gasteiger partial charge in [0.25, 0.3) is 0 Å². The molecule has 34 heavy (non-hydrogen) atoms. The Morgan fingerprint density at radius 2 is 1.97 bits per heavy atom. The number of carbonyl (C=O) groups is 1. The van der Waals surface area contributed by atoms with E-state index in [0.29, 0.717) is 47.9 Å². The summed E-state index contributed by atoms with van der Waals surface area (Å²) >= 11 is 6.33. The molecule has 9 nitrogen and oxygen atoms in total. The van der Waals surface area contributed by atoms with Gasteiger partial charge in [-0.2, -0.15) is 10.1 Å². The average Bonchev–Trinajstić information content (AvgIpc) is 3.26. The van der Waals surface area contributed by atoms with Crippen LogP contribution >= 0.6 is 11.6 Å². The molecule has 2 unspecified atom stereocenters. The van der Waals surface area contributed by atoms with E-state index in [1.54, 1.807) is 6.20 Å². The molecule has 10 heteroatoms. The Hall–Kier alpha value is -2.39. The summed E-state index contributed by atoms with van der Waals surface area (Å²) in [6.45, 7) is 4.33. The number of nitrogens with one attached hydrogen (secondary N) is 2. The fraction of sp³-hybridized carbons (Fsp3) is 0.667. The van der Waals surface area contributed by atoms with Crippen LogP contribution in [0.15, 0.2) is 12.4 Å². The highest BCUT2D eigenvalue weighted by Gasteiger charge is 2.39. The van der Waals surface area contributed by atoms with Gasteiger partial charge in [0, 0.05) is 44.3 Å². The first-order valence-electron chi connectivity index (χ1n) is 12.6. The van der Waals surface area contributed by atoms with E-state index in [0.717, 1.165) is 56.6 Å². The lowest BCUT2D eigenvalue weighted by atomic mass is 9.98. The van der Waals surface area contributed by atoms with Gasteiger partial charge in [0.1, 0.15) is 10.8 Å². The van der Waals surface area contributed by atoms with Crippen molar-refractivity contribution >= 4 is 35.0 Å². The highest BCUT2D eigenvalue weighted by molar-refractivity contribution is 6.32. The van der Waals surface area contributed by atoms with Gasteiger partial charge in [-0.05, 0) is 58.9 Å². The molecular weight excluding hydrogens is 452 g/mol. The number of nitrogens with zero attached hydrogens (tertiary/aromatic N) is 6. The smallest absolute Gasteiger partial charge is 0.229 e. The first-order valence-corrected chi connectivity index (χ1v) is 12.9. The molecule has 0 aliphatic carbocycles. The third-order valence-corrected chi connectivity index (χ3v) is 7.95. The number of hydrogen-bond acceptors (Lipinski definition) is 7. The minimum absolute atomic E-state index is 0.265. The Morgan fingerprint density at radius 3 is 2.74 bits per heavy atom. The van der Waals surface area contributed by atoms with E-state index in [2.05, 4.69) is 43.4 Å². The molecule has 5 rings (SSSR count). The lowest BCUT2D eigenvalue weighted by molar-refractivity contribution is -0.133. The number of rotatable bonds is 8. The van der Waals surface area contributed by atoms with Crippen molar-refractivity contribution < 1.29 is 4.79 Å². The van der Waals surface area contributed by atoms with E-state index in [1.807, 2.05) is 11.8 Å². The summed E-state index contributed by atoms with van der Waals surface area (Å²) in [5, 5.41) is 11.9. The number of amides is 1. The molecule has 1 amide bonds. The number of halogens is 1. The lowest BCUT2D eigenvalue weighted by Gasteiger charge is -2.36. The van der Waals surface area contributed by atoms with E-state index in [9.17, 15) is 4.79 Å². The summed E-state index contributed by atoms with van der Waals surface area (Å²) in [5.41, 5.74) is 1.86. The predicted molar refractivity (Wildman–Crippen MR) is 134 cm³/mol. The van der Waals surface area contributed by atoms with Crippen LogP contribution in [0.3, 0.4) is 0 Å². The van der Waals surface area contributed by atoms with Crippen LogP contribution in [0, 0.1) is 6.92 Å². The van der Waals surface area contributed by atoms with Crippen LogP contribution < -0.4 is 10.6 Å². The van der Waals surface area contributed by atoms with Crippen molar-refractivity contribution in [1.29, 1.82) is 0 Å². The summed E-state index contributed by atoms with van der Waals surface area (Å²) in [5.74, 6) is 1.35. The molecule has 2 aromatic rings. The van der Waals surface area contributed by atoms with E-state index in [1.165, 1.54) is 12.8 Å². The van der Waals surface area contributed by atoms with Crippen molar-refractivity contribution in [1.82, 2.24) is 29.5 Å². The van der Waals surface area contributed by atoms with Crippen molar-refractivity contribution in [3.05, 3.63) is 23.1 Å². The van der Waals surface area contributed by atoms with Crippen molar-refractivity contribution in [2.45, 2.75) is 76.4 Å². The Bertz CT molecular complexity index is 1010. The number of aryl methyl sites for hydroxylation is 1. The third kappa shape index (κ3) is 5.00. The second kappa shape index (κ2) is 10.1. The third-order valence-electron chi connectivity index (χ3n) is 7.67. The van der Waals surface area contributed by atoms with Gasteiger partial charge in [-0.15, -0.1) is 0 Å². The zero-order valence-corrected chi connectivity index (χ0v) is 20.9. The average molecular weight is 487 g/mol. The van der Waals surface area contributed by atoms with Crippen LogP contribution in [0.5, 0.6) is 0 Å². The summed E-state index contributed by atoms with van der Waals surface area (Å²) < 4.78 is 2.13. The maximum absolute atomic E-state index is 12.0. The summed E-state index contributed by atoms with van der Waals surface area (Å²) in [7, 11) is 2.26. The second-order valence-electron chi connectivity index (χ2n) is 9.92. The minimum atomic E-state index is 0.265. The van der Waals surface area contributed by atoms with Crippen molar-refractivity contribution in [2.75, 3.05) is 37.3 Å². The first kappa shape index (κ1) is 23.4. The molecule has 3 aliphatic heterocycles. The molecule has 184 valence electrons. The van der Waals surface area contributed by atoms with E-state index in [-0.39, 0.29) is 5.91 Å². The molecule has 2 N–H and O–H groups in total. The molecule has 0 aromatic carbocycles. The summed E-state index contributed by atoms with van der Waals surface area (Å²) in [4.78, 5) is 25.4.